The molecule has 0 spiro atoms. The molecular weight excluding hydrogens is 370 g/mol. The average molecular weight is 380 g/mol. The Morgan fingerprint density at radius 2 is 1.92 bits per heavy atom. The fraction of sp³-hybridized carbons (Fsp3) is 0. The average Bonchev–Trinajstić information content (AvgIpc) is 2.54. The molecule has 0 bridgehead atoms. The van der Waals surface area contributed by atoms with Crippen molar-refractivity contribution < 1.29 is 19.6 Å². The molecule has 0 saturated heterocycles. The minimum atomic E-state index is -1.17. The topological polar surface area (TPSA) is 122 Å². The number of halogens is 1. The van der Waals surface area contributed by atoms with Gasteiger partial charge < -0.3 is 10.4 Å². The molecule has 0 aliphatic rings. The highest BCUT2D eigenvalue weighted by Crippen LogP contribution is 2.21. The van der Waals surface area contributed by atoms with Gasteiger partial charge in [-0.05, 0) is 36.5 Å². The number of carbonyl (C=O) groups excluding carboxylic acids is 1. The number of rotatable bonds is 4. The molecule has 0 heterocycles. The van der Waals surface area contributed by atoms with Gasteiger partial charge in [0.15, 0.2) is 5.11 Å². The number of carboxylic acids is 1. The van der Waals surface area contributed by atoms with Gasteiger partial charge in [-0.15, -0.1) is 0 Å². The third-order valence-electron chi connectivity index (χ3n) is 3.00. The van der Waals surface area contributed by atoms with Crippen molar-refractivity contribution in [2.75, 3.05) is 5.32 Å². The molecule has 128 valence electrons. The first kappa shape index (κ1) is 18.3. The molecule has 0 aliphatic heterocycles. The third kappa shape index (κ3) is 4.72. The summed E-state index contributed by atoms with van der Waals surface area (Å²) < 4.78 is 0. The van der Waals surface area contributed by atoms with E-state index >= 15 is 0 Å². The first-order valence-corrected chi connectivity index (χ1v) is 7.46. The molecule has 2 aromatic carbocycles. The fourth-order valence-corrected chi connectivity index (χ4v) is 2.34. The van der Waals surface area contributed by atoms with Crippen molar-refractivity contribution in [3.8, 4) is 0 Å². The van der Waals surface area contributed by atoms with Crippen LogP contribution < -0.4 is 10.6 Å². The number of carbonyl (C=O) groups is 2. The fourth-order valence-electron chi connectivity index (χ4n) is 1.86. The molecule has 1 amide bonds. The van der Waals surface area contributed by atoms with Gasteiger partial charge in [-0.25, -0.2) is 4.79 Å². The Morgan fingerprint density at radius 1 is 1.20 bits per heavy atom. The minimum Gasteiger partial charge on any atom is -0.478 e. The van der Waals surface area contributed by atoms with E-state index in [1.807, 2.05) is 0 Å². The van der Waals surface area contributed by atoms with Crippen LogP contribution in [-0.2, 0) is 0 Å². The Kier molecular flexibility index (Phi) is 5.63. The molecule has 8 nitrogen and oxygen atoms in total. The number of aromatic carboxylic acids is 1. The quantitative estimate of drug-likeness (QED) is 0.424. The number of thiocarbonyl (C=S) groups is 1. The number of nitro benzene ring substituents is 1. The molecular formula is C15H10ClN3O5S. The highest BCUT2D eigenvalue weighted by Gasteiger charge is 2.13. The van der Waals surface area contributed by atoms with Crippen LogP contribution in [0.25, 0.3) is 0 Å². The Balaban J connectivity index is 2.06. The zero-order valence-electron chi connectivity index (χ0n) is 12.4. The second-order valence-electron chi connectivity index (χ2n) is 4.72. The van der Waals surface area contributed by atoms with E-state index in [4.69, 9.17) is 28.9 Å². The van der Waals surface area contributed by atoms with Gasteiger partial charge in [0.25, 0.3) is 11.6 Å². The first-order chi connectivity index (χ1) is 11.8. The van der Waals surface area contributed by atoms with Gasteiger partial charge in [-0.3, -0.25) is 20.2 Å². The summed E-state index contributed by atoms with van der Waals surface area (Å²) in [6.07, 6.45) is 0. The molecule has 0 aromatic heterocycles. The van der Waals surface area contributed by atoms with Crippen molar-refractivity contribution in [1.29, 1.82) is 0 Å². The van der Waals surface area contributed by atoms with Gasteiger partial charge in [0, 0.05) is 23.4 Å². The summed E-state index contributed by atoms with van der Waals surface area (Å²) >= 11 is 10.8. The van der Waals surface area contributed by atoms with E-state index in [9.17, 15) is 19.7 Å². The van der Waals surface area contributed by atoms with Gasteiger partial charge in [-0.2, -0.15) is 0 Å². The number of nitrogens with one attached hydrogen (secondary N) is 2. The molecule has 2 aromatic rings. The molecule has 0 fully saturated rings. The van der Waals surface area contributed by atoms with Crippen molar-refractivity contribution >= 4 is 52.2 Å². The molecule has 0 atom stereocenters. The largest absolute Gasteiger partial charge is 0.478 e. The maximum absolute atomic E-state index is 12.1. The summed E-state index contributed by atoms with van der Waals surface area (Å²) in [5.74, 6) is -1.80. The van der Waals surface area contributed by atoms with E-state index in [1.54, 1.807) is 0 Å². The van der Waals surface area contributed by atoms with E-state index in [0.29, 0.717) is 5.69 Å². The van der Waals surface area contributed by atoms with Crippen LogP contribution in [0.15, 0.2) is 42.5 Å². The van der Waals surface area contributed by atoms with Gasteiger partial charge in [0.05, 0.1) is 15.5 Å². The van der Waals surface area contributed by atoms with Crippen LogP contribution in [0, 0.1) is 10.1 Å². The molecule has 10 heteroatoms. The Morgan fingerprint density at radius 3 is 2.52 bits per heavy atom. The summed E-state index contributed by atoms with van der Waals surface area (Å²) in [7, 11) is 0. The zero-order chi connectivity index (χ0) is 18.6. The van der Waals surface area contributed by atoms with Crippen molar-refractivity contribution in [1.82, 2.24) is 5.32 Å². The van der Waals surface area contributed by atoms with Crippen LogP contribution in [0.4, 0.5) is 11.4 Å². The molecule has 0 saturated carbocycles. The maximum atomic E-state index is 12.1. The molecule has 25 heavy (non-hydrogen) atoms. The number of amides is 1. The van der Waals surface area contributed by atoms with Gasteiger partial charge in [-0.1, -0.05) is 17.7 Å². The van der Waals surface area contributed by atoms with Crippen LogP contribution in [0.5, 0.6) is 0 Å². The zero-order valence-corrected chi connectivity index (χ0v) is 13.9. The second-order valence-corrected chi connectivity index (χ2v) is 5.53. The number of hydrogen-bond donors (Lipinski definition) is 3. The van der Waals surface area contributed by atoms with Crippen LogP contribution in [0.3, 0.4) is 0 Å². The molecule has 0 aliphatic carbocycles. The van der Waals surface area contributed by atoms with Crippen LogP contribution in [0.2, 0.25) is 5.02 Å². The normalized spacial score (nSPS) is 9.96. The van der Waals surface area contributed by atoms with Crippen molar-refractivity contribution in [2.45, 2.75) is 0 Å². The predicted octanol–water partition coefficient (Wildman–Crippen LogP) is 3.07. The number of benzene rings is 2. The van der Waals surface area contributed by atoms with Crippen molar-refractivity contribution in [3.05, 3.63) is 68.7 Å². The number of nitro groups is 1. The SMILES string of the molecule is O=C(NC(=S)Nc1ccc(C(=O)O)c(Cl)c1)c1cccc([N+](=O)[O-])c1. The summed E-state index contributed by atoms with van der Waals surface area (Å²) in [5, 5.41) is 24.6. The number of non-ortho nitro benzene ring substituents is 1. The lowest BCUT2D eigenvalue weighted by Gasteiger charge is -2.10. The number of nitrogens with zero attached hydrogens (tertiary/aromatic N) is 1. The lowest BCUT2D eigenvalue weighted by atomic mass is 10.2. The summed E-state index contributed by atoms with van der Waals surface area (Å²) in [6.45, 7) is 0. The Hall–Kier alpha value is -3.04. The number of carboxylic acid groups (broad SMARTS) is 1. The van der Waals surface area contributed by atoms with E-state index in [-0.39, 0.29) is 26.9 Å². The standard InChI is InChI=1S/C15H10ClN3O5S/c16-12-7-9(4-5-11(12)14(21)22)17-15(25)18-13(20)8-2-1-3-10(6-8)19(23)24/h1-7H,(H,21,22)(H2,17,18,20,25). The van der Waals surface area contributed by atoms with Gasteiger partial charge >= 0.3 is 5.97 Å². The van der Waals surface area contributed by atoms with Crippen molar-refractivity contribution in [3.63, 3.8) is 0 Å². The van der Waals surface area contributed by atoms with Gasteiger partial charge in [0.2, 0.25) is 0 Å². The summed E-state index contributed by atoms with van der Waals surface area (Å²) in [6, 6.07) is 9.24. The number of anilines is 1. The number of hydrogen-bond acceptors (Lipinski definition) is 5. The highest BCUT2D eigenvalue weighted by molar-refractivity contribution is 7.80. The van der Waals surface area contributed by atoms with Crippen LogP contribution in [-0.4, -0.2) is 27.0 Å². The monoisotopic (exact) mass is 379 g/mol. The lowest BCUT2D eigenvalue weighted by Crippen LogP contribution is -2.34. The van der Waals surface area contributed by atoms with E-state index in [1.165, 1.54) is 36.4 Å². The minimum absolute atomic E-state index is 0.00492. The van der Waals surface area contributed by atoms with E-state index < -0.39 is 16.8 Å². The van der Waals surface area contributed by atoms with Crippen molar-refractivity contribution in [2.24, 2.45) is 0 Å². The second kappa shape index (κ2) is 7.69. The molecule has 0 radical (unpaired) electrons. The molecule has 0 unspecified atom stereocenters. The summed E-state index contributed by atoms with van der Waals surface area (Å²) in [5.41, 5.74) is 0.151. The van der Waals surface area contributed by atoms with Gasteiger partial charge in [0.1, 0.15) is 0 Å². The molecule has 3 N–H and O–H groups in total. The lowest BCUT2D eigenvalue weighted by molar-refractivity contribution is -0.384. The maximum Gasteiger partial charge on any atom is 0.337 e. The van der Waals surface area contributed by atoms with Crippen LogP contribution in [0.1, 0.15) is 20.7 Å². The first-order valence-electron chi connectivity index (χ1n) is 6.67. The molecule has 2 rings (SSSR count). The predicted molar refractivity (Wildman–Crippen MR) is 95.2 cm³/mol. The van der Waals surface area contributed by atoms with Crippen LogP contribution >= 0.6 is 23.8 Å². The smallest absolute Gasteiger partial charge is 0.337 e. The third-order valence-corrected chi connectivity index (χ3v) is 3.52. The van der Waals surface area contributed by atoms with E-state index in [0.717, 1.165) is 6.07 Å². The summed E-state index contributed by atoms with van der Waals surface area (Å²) in [4.78, 5) is 33.1. The Labute approximate surface area is 151 Å². The Bertz CT molecular complexity index is 887. The highest BCUT2D eigenvalue weighted by atomic mass is 35.5. The van der Waals surface area contributed by atoms with E-state index in [2.05, 4.69) is 10.6 Å².